The van der Waals surface area contributed by atoms with Gasteiger partial charge in [-0.15, -0.1) is 0 Å². The van der Waals surface area contributed by atoms with E-state index in [1.54, 1.807) is 6.20 Å². The van der Waals surface area contributed by atoms with Crippen LogP contribution in [0, 0.1) is 19.8 Å². The molecular formula is C16H20N2O2. The molecule has 1 fully saturated rings. The molecule has 0 amide bonds. The van der Waals surface area contributed by atoms with E-state index in [1.807, 2.05) is 0 Å². The molecule has 0 aliphatic heterocycles. The van der Waals surface area contributed by atoms with E-state index in [4.69, 9.17) is 15.0 Å². The maximum atomic E-state index is 6.03. The van der Waals surface area contributed by atoms with Gasteiger partial charge in [0.25, 0.3) is 0 Å². The molecule has 2 N–H and O–H groups in total. The molecule has 1 saturated carbocycles. The molecule has 4 nitrogen and oxygen atoms in total. The number of rotatable bonds is 4. The van der Waals surface area contributed by atoms with Crippen LogP contribution in [0.3, 0.4) is 0 Å². The van der Waals surface area contributed by atoms with Crippen molar-refractivity contribution in [2.45, 2.75) is 33.1 Å². The van der Waals surface area contributed by atoms with Crippen molar-refractivity contribution in [2.75, 3.05) is 12.3 Å². The van der Waals surface area contributed by atoms with E-state index in [-0.39, 0.29) is 0 Å². The summed E-state index contributed by atoms with van der Waals surface area (Å²) >= 11 is 0. The van der Waals surface area contributed by atoms with Gasteiger partial charge in [-0.2, -0.15) is 0 Å². The smallest absolute Gasteiger partial charge is 0.230 e. The van der Waals surface area contributed by atoms with Crippen LogP contribution in [0.1, 0.15) is 30.4 Å². The third-order valence-electron chi connectivity index (χ3n) is 4.18. The van der Waals surface area contributed by atoms with Gasteiger partial charge in [0.2, 0.25) is 5.88 Å². The van der Waals surface area contributed by atoms with Gasteiger partial charge in [0, 0.05) is 5.56 Å². The van der Waals surface area contributed by atoms with E-state index >= 15 is 0 Å². The van der Waals surface area contributed by atoms with Crippen molar-refractivity contribution < 1.29 is 9.26 Å². The molecule has 2 aromatic rings. The van der Waals surface area contributed by atoms with Gasteiger partial charge in [0.05, 0.1) is 18.4 Å². The van der Waals surface area contributed by atoms with Crippen molar-refractivity contribution in [3.05, 3.63) is 29.5 Å². The fourth-order valence-corrected chi connectivity index (χ4v) is 2.44. The van der Waals surface area contributed by atoms with Crippen LogP contribution < -0.4 is 10.5 Å². The molecule has 1 aliphatic rings. The third kappa shape index (κ3) is 2.38. The Morgan fingerprint density at radius 3 is 2.60 bits per heavy atom. The molecule has 1 aromatic heterocycles. The fraction of sp³-hybridized carbons (Fsp3) is 0.438. The second kappa shape index (κ2) is 5.19. The van der Waals surface area contributed by atoms with Crippen LogP contribution in [0.2, 0.25) is 0 Å². The van der Waals surface area contributed by atoms with Crippen molar-refractivity contribution in [2.24, 2.45) is 5.92 Å². The van der Waals surface area contributed by atoms with Gasteiger partial charge in [-0.05, 0) is 55.9 Å². The summed E-state index contributed by atoms with van der Waals surface area (Å²) in [5.41, 5.74) is 10.0. The zero-order valence-electron chi connectivity index (χ0n) is 12.0. The van der Waals surface area contributed by atoms with E-state index in [9.17, 15) is 0 Å². The molecule has 4 heteroatoms. The highest BCUT2D eigenvalue weighted by Gasteiger charge is 2.20. The number of nitrogen functional groups attached to an aromatic ring is 1. The number of benzene rings is 1. The molecule has 106 valence electrons. The summed E-state index contributed by atoms with van der Waals surface area (Å²) in [5.74, 6) is 1.90. The molecule has 1 heterocycles. The molecule has 0 spiro atoms. The monoisotopic (exact) mass is 272 g/mol. The van der Waals surface area contributed by atoms with E-state index in [1.165, 1.54) is 30.4 Å². The molecular weight excluding hydrogens is 252 g/mol. The Bertz CT molecular complexity index is 615. The second-order valence-corrected chi connectivity index (χ2v) is 5.64. The van der Waals surface area contributed by atoms with E-state index in [2.05, 4.69) is 31.1 Å². The van der Waals surface area contributed by atoms with Crippen LogP contribution in [-0.4, -0.2) is 11.8 Å². The van der Waals surface area contributed by atoms with E-state index in [0.29, 0.717) is 11.8 Å². The van der Waals surface area contributed by atoms with E-state index < -0.39 is 0 Å². The summed E-state index contributed by atoms with van der Waals surface area (Å²) in [4.78, 5) is 0. The van der Waals surface area contributed by atoms with Gasteiger partial charge in [-0.1, -0.05) is 11.6 Å². The first-order chi connectivity index (χ1) is 9.65. The molecule has 1 aliphatic carbocycles. The molecule has 20 heavy (non-hydrogen) atoms. The van der Waals surface area contributed by atoms with Crippen molar-refractivity contribution in [3.8, 4) is 16.9 Å². The summed E-state index contributed by atoms with van der Waals surface area (Å²) in [6, 6.07) is 4.17. The van der Waals surface area contributed by atoms with Crippen molar-refractivity contribution >= 4 is 5.88 Å². The van der Waals surface area contributed by atoms with Gasteiger partial charge >= 0.3 is 0 Å². The number of nitrogens with zero attached hydrogens (tertiary/aromatic N) is 1. The lowest BCUT2D eigenvalue weighted by Gasteiger charge is -2.26. The molecule has 0 unspecified atom stereocenters. The molecule has 3 rings (SSSR count). The summed E-state index contributed by atoms with van der Waals surface area (Å²) < 4.78 is 11.0. The van der Waals surface area contributed by atoms with Crippen LogP contribution in [0.25, 0.3) is 11.1 Å². The van der Waals surface area contributed by atoms with Crippen LogP contribution >= 0.6 is 0 Å². The quantitative estimate of drug-likeness (QED) is 0.921. The number of anilines is 1. The Hall–Kier alpha value is -1.97. The lowest BCUT2D eigenvalue weighted by molar-refractivity contribution is 0.181. The number of nitrogens with two attached hydrogens (primary N) is 1. The highest BCUT2D eigenvalue weighted by atomic mass is 16.5. The van der Waals surface area contributed by atoms with Gasteiger partial charge < -0.3 is 15.0 Å². The Balaban J connectivity index is 1.93. The minimum atomic E-state index is 0.335. The van der Waals surface area contributed by atoms with Gasteiger partial charge in [0.15, 0.2) is 0 Å². The maximum absolute atomic E-state index is 6.03. The first-order valence-corrected chi connectivity index (χ1v) is 7.09. The average molecular weight is 272 g/mol. The Labute approximate surface area is 118 Å². The first kappa shape index (κ1) is 13.0. The van der Waals surface area contributed by atoms with Gasteiger partial charge in [0.1, 0.15) is 5.75 Å². The largest absolute Gasteiger partial charge is 0.493 e. The topological polar surface area (TPSA) is 61.3 Å². The lowest BCUT2D eigenvalue weighted by atomic mass is 9.86. The van der Waals surface area contributed by atoms with Gasteiger partial charge in [-0.3, -0.25) is 0 Å². The Morgan fingerprint density at radius 1 is 1.25 bits per heavy atom. The first-order valence-electron chi connectivity index (χ1n) is 7.09. The number of ether oxygens (including phenoxy) is 1. The standard InChI is InChI=1S/C16H20N2O2/c1-10-6-13(14-8-18-20-16(14)17)15(7-11(10)2)19-9-12-4-3-5-12/h6-8,12H,3-5,9,17H2,1-2H3. The number of aryl methyl sites for hydroxylation is 2. The number of hydrogen-bond donors (Lipinski definition) is 1. The predicted molar refractivity (Wildman–Crippen MR) is 78.7 cm³/mol. The van der Waals surface area contributed by atoms with Crippen LogP contribution in [0.5, 0.6) is 5.75 Å². The van der Waals surface area contributed by atoms with Crippen molar-refractivity contribution in [3.63, 3.8) is 0 Å². The highest BCUT2D eigenvalue weighted by Crippen LogP contribution is 2.37. The van der Waals surface area contributed by atoms with Crippen molar-refractivity contribution in [1.82, 2.24) is 5.16 Å². The minimum absolute atomic E-state index is 0.335. The lowest BCUT2D eigenvalue weighted by Crippen LogP contribution is -2.19. The Kier molecular flexibility index (Phi) is 3.38. The zero-order valence-corrected chi connectivity index (χ0v) is 12.0. The molecule has 0 bridgehead atoms. The molecule has 0 saturated heterocycles. The molecule has 1 aromatic carbocycles. The maximum Gasteiger partial charge on any atom is 0.230 e. The summed E-state index contributed by atoms with van der Waals surface area (Å²) in [5, 5.41) is 3.76. The SMILES string of the molecule is Cc1cc(OCC2CCC2)c(-c2cnoc2N)cc1C. The number of hydrogen-bond acceptors (Lipinski definition) is 4. The fourth-order valence-electron chi connectivity index (χ4n) is 2.44. The normalized spacial score (nSPS) is 15.1. The van der Waals surface area contributed by atoms with Crippen LogP contribution in [-0.2, 0) is 0 Å². The summed E-state index contributed by atoms with van der Waals surface area (Å²) in [6.45, 7) is 4.95. The second-order valence-electron chi connectivity index (χ2n) is 5.64. The molecule has 0 radical (unpaired) electrons. The zero-order chi connectivity index (χ0) is 14.1. The third-order valence-corrected chi connectivity index (χ3v) is 4.18. The summed E-state index contributed by atoms with van der Waals surface area (Å²) in [6.07, 6.45) is 5.52. The number of aromatic nitrogens is 1. The minimum Gasteiger partial charge on any atom is -0.493 e. The highest BCUT2D eigenvalue weighted by molar-refractivity contribution is 5.78. The van der Waals surface area contributed by atoms with Crippen LogP contribution in [0.15, 0.2) is 22.9 Å². The average Bonchev–Trinajstić information content (AvgIpc) is 2.77. The van der Waals surface area contributed by atoms with Crippen molar-refractivity contribution in [1.29, 1.82) is 0 Å². The predicted octanol–water partition coefficient (Wildman–Crippen LogP) is 3.72. The van der Waals surface area contributed by atoms with Gasteiger partial charge in [-0.25, -0.2) is 0 Å². The molecule has 0 atom stereocenters. The van der Waals surface area contributed by atoms with E-state index in [0.717, 1.165) is 23.5 Å². The summed E-state index contributed by atoms with van der Waals surface area (Å²) in [7, 11) is 0. The Morgan fingerprint density at radius 2 is 2.00 bits per heavy atom. The van der Waals surface area contributed by atoms with Crippen LogP contribution in [0.4, 0.5) is 5.88 Å².